The summed E-state index contributed by atoms with van der Waals surface area (Å²) >= 11 is 1.72. The van der Waals surface area contributed by atoms with Gasteiger partial charge in [-0.15, -0.1) is 11.3 Å². The number of hydrogen-bond donors (Lipinski definition) is 0. The molecule has 0 saturated carbocycles. The lowest BCUT2D eigenvalue weighted by Gasteiger charge is -2.22. The number of benzene rings is 1. The molecule has 1 aromatic heterocycles. The Bertz CT molecular complexity index is 739. The Hall–Kier alpha value is -2.27. The molecule has 0 spiro atoms. The van der Waals surface area contributed by atoms with E-state index in [1.165, 1.54) is 4.88 Å². The molecule has 4 nitrogen and oxygen atoms in total. The minimum atomic E-state index is 0.0681. The molecule has 3 heterocycles. The number of fused-ring (bicyclic) bond motifs is 1. The van der Waals surface area contributed by atoms with E-state index in [0.29, 0.717) is 0 Å². The quantitative estimate of drug-likeness (QED) is 0.804. The van der Waals surface area contributed by atoms with Crippen molar-refractivity contribution in [3.05, 3.63) is 52.2 Å². The third kappa shape index (κ3) is 2.84. The van der Waals surface area contributed by atoms with Crippen LogP contribution in [0.2, 0.25) is 0 Å². The zero-order valence-corrected chi connectivity index (χ0v) is 13.4. The van der Waals surface area contributed by atoms with E-state index in [1.807, 2.05) is 35.2 Å². The highest BCUT2D eigenvalue weighted by Gasteiger charge is 2.29. The predicted molar refractivity (Wildman–Crippen MR) is 89.6 cm³/mol. The molecule has 1 saturated heterocycles. The summed E-state index contributed by atoms with van der Waals surface area (Å²) in [4.78, 5) is 15.8. The van der Waals surface area contributed by atoms with Crippen molar-refractivity contribution in [1.82, 2.24) is 4.90 Å². The van der Waals surface area contributed by atoms with Crippen LogP contribution in [0.25, 0.3) is 6.08 Å². The lowest BCUT2D eigenvalue weighted by atomic mass is 10.1. The largest absolute Gasteiger partial charge is 0.454 e. The fraction of sp³-hybridized carbons (Fsp3) is 0.278. The fourth-order valence-electron chi connectivity index (χ4n) is 3.09. The van der Waals surface area contributed by atoms with Crippen LogP contribution in [0.3, 0.4) is 0 Å². The SMILES string of the molecule is O=C(C=Cc1ccc2c(c1)OCO2)N1CCCC1c1cccs1. The monoisotopic (exact) mass is 327 g/mol. The van der Waals surface area contributed by atoms with Crippen LogP contribution in [0.1, 0.15) is 29.3 Å². The van der Waals surface area contributed by atoms with Gasteiger partial charge in [0.2, 0.25) is 12.7 Å². The second kappa shape index (κ2) is 6.08. The normalized spacial score (nSPS) is 19.7. The molecular weight excluding hydrogens is 310 g/mol. The first-order valence-electron chi connectivity index (χ1n) is 7.73. The van der Waals surface area contributed by atoms with E-state index in [1.54, 1.807) is 17.4 Å². The topological polar surface area (TPSA) is 38.8 Å². The summed E-state index contributed by atoms with van der Waals surface area (Å²) in [6.45, 7) is 1.09. The average Bonchev–Trinajstić information content (AvgIpc) is 3.32. The lowest BCUT2D eigenvalue weighted by Crippen LogP contribution is -2.28. The van der Waals surface area contributed by atoms with Gasteiger partial charge in [-0.2, -0.15) is 0 Å². The summed E-state index contributed by atoms with van der Waals surface area (Å²) in [6.07, 6.45) is 5.61. The summed E-state index contributed by atoms with van der Waals surface area (Å²) in [5, 5.41) is 2.07. The molecular formula is C18H17NO3S. The number of rotatable bonds is 3. The van der Waals surface area contributed by atoms with Crippen LogP contribution in [0.4, 0.5) is 0 Å². The van der Waals surface area contributed by atoms with Gasteiger partial charge in [-0.05, 0) is 48.1 Å². The summed E-state index contributed by atoms with van der Waals surface area (Å²) in [5.74, 6) is 1.56. The van der Waals surface area contributed by atoms with Crippen molar-refractivity contribution in [3.8, 4) is 11.5 Å². The van der Waals surface area contributed by atoms with Gasteiger partial charge in [0.05, 0.1) is 6.04 Å². The standard InChI is InChI=1S/C18H17NO3S/c20-18(19-9-1-3-14(19)17-4-2-10-23-17)8-6-13-5-7-15-16(11-13)22-12-21-15/h2,4-8,10-11,14H,1,3,9,12H2. The minimum Gasteiger partial charge on any atom is -0.454 e. The molecule has 4 rings (SSSR count). The van der Waals surface area contributed by atoms with Gasteiger partial charge >= 0.3 is 0 Å². The highest BCUT2D eigenvalue weighted by Crippen LogP contribution is 2.35. The molecule has 1 aromatic carbocycles. The molecule has 0 N–H and O–H groups in total. The highest BCUT2D eigenvalue weighted by molar-refractivity contribution is 7.10. The first-order chi connectivity index (χ1) is 11.3. The number of ether oxygens (including phenoxy) is 2. The van der Waals surface area contributed by atoms with Crippen molar-refractivity contribution in [3.63, 3.8) is 0 Å². The van der Waals surface area contributed by atoms with Gasteiger partial charge in [0.1, 0.15) is 0 Å². The molecule has 1 atom stereocenters. The molecule has 2 aliphatic rings. The second-order valence-electron chi connectivity index (χ2n) is 5.65. The predicted octanol–water partition coefficient (Wildman–Crippen LogP) is 3.85. The maximum Gasteiger partial charge on any atom is 0.247 e. The van der Waals surface area contributed by atoms with Crippen molar-refractivity contribution in [2.24, 2.45) is 0 Å². The minimum absolute atomic E-state index is 0.0681. The molecule has 2 aromatic rings. The number of nitrogens with zero attached hydrogens (tertiary/aromatic N) is 1. The van der Waals surface area contributed by atoms with Crippen molar-refractivity contribution in [2.45, 2.75) is 18.9 Å². The Morgan fingerprint density at radius 2 is 2.17 bits per heavy atom. The summed E-state index contributed by atoms with van der Waals surface area (Å²) in [7, 11) is 0. The Morgan fingerprint density at radius 1 is 1.26 bits per heavy atom. The fourth-order valence-corrected chi connectivity index (χ4v) is 3.96. The average molecular weight is 327 g/mol. The van der Waals surface area contributed by atoms with Crippen LogP contribution in [0, 0.1) is 0 Å². The van der Waals surface area contributed by atoms with Gasteiger partial charge in [0, 0.05) is 17.5 Å². The Labute approximate surface area is 138 Å². The van der Waals surface area contributed by atoms with Crippen LogP contribution < -0.4 is 9.47 Å². The van der Waals surface area contributed by atoms with Crippen LogP contribution in [0.5, 0.6) is 11.5 Å². The number of thiophene rings is 1. The maximum absolute atomic E-state index is 12.5. The molecule has 1 amide bonds. The van der Waals surface area contributed by atoms with E-state index in [-0.39, 0.29) is 18.7 Å². The van der Waals surface area contributed by atoms with Gasteiger partial charge in [-0.25, -0.2) is 0 Å². The number of carbonyl (C=O) groups is 1. The third-order valence-corrected chi connectivity index (χ3v) is 5.20. The molecule has 5 heteroatoms. The van der Waals surface area contributed by atoms with E-state index >= 15 is 0 Å². The molecule has 2 aliphatic heterocycles. The Morgan fingerprint density at radius 3 is 3.04 bits per heavy atom. The Kier molecular flexibility index (Phi) is 3.79. The van der Waals surface area contributed by atoms with Gasteiger partial charge in [0.15, 0.2) is 11.5 Å². The summed E-state index contributed by atoms with van der Waals surface area (Å²) in [5.41, 5.74) is 0.939. The van der Waals surface area contributed by atoms with Crippen molar-refractivity contribution in [2.75, 3.05) is 13.3 Å². The van der Waals surface area contributed by atoms with Crippen molar-refractivity contribution >= 4 is 23.3 Å². The van der Waals surface area contributed by atoms with Crippen molar-refractivity contribution in [1.29, 1.82) is 0 Å². The number of carbonyl (C=O) groups excluding carboxylic acids is 1. The third-order valence-electron chi connectivity index (χ3n) is 4.22. The molecule has 0 bridgehead atoms. The van der Waals surface area contributed by atoms with Crippen LogP contribution in [0.15, 0.2) is 41.8 Å². The van der Waals surface area contributed by atoms with E-state index < -0.39 is 0 Å². The maximum atomic E-state index is 12.5. The van der Waals surface area contributed by atoms with Gasteiger partial charge in [0.25, 0.3) is 0 Å². The van der Waals surface area contributed by atoms with Crippen LogP contribution in [-0.2, 0) is 4.79 Å². The second-order valence-corrected chi connectivity index (χ2v) is 6.63. The van der Waals surface area contributed by atoms with E-state index in [9.17, 15) is 4.79 Å². The molecule has 1 unspecified atom stereocenters. The van der Waals surface area contributed by atoms with E-state index in [0.717, 1.165) is 36.4 Å². The van der Waals surface area contributed by atoms with E-state index in [4.69, 9.17) is 9.47 Å². The first-order valence-corrected chi connectivity index (χ1v) is 8.61. The summed E-state index contributed by atoms with van der Waals surface area (Å²) in [6, 6.07) is 10.1. The zero-order valence-electron chi connectivity index (χ0n) is 12.6. The molecule has 118 valence electrons. The molecule has 0 radical (unpaired) electrons. The molecule has 0 aliphatic carbocycles. The number of hydrogen-bond acceptors (Lipinski definition) is 4. The van der Waals surface area contributed by atoms with Crippen LogP contribution in [-0.4, -0.2) is 24.1 Å². The lowest BCUT2D eigenvalue weighted by molar-refractivity contribution is -0.126. The first kappa shape index (κ1) is 14.3. The Balaban J connectivity index is 1.49. The highest BCUT2D eigenvalue weighted by atomic mass is 32.1. The number of amides is 1. The smallest absolute Gasteiger partial charge is 0.247 e. The van der Waals surface area contributed by atoms with Gasteiger partial charge in [-0.1, -0.05) is 12.1 Å². The van der Waals surface area contributed by atoms with Gasteiger partial charge < -0.3 is 14.4 Å². The molecule has 1 fully saturated rings. The van der Waals surface area contributed by atoms with Crippen molar-refractivity contribution < 1.29 is 14.3 Å². The zero-order chi connectivity index (χ0) is 15.6. The van der Waals surface area contributed by atoms with Gasteiger partial charge in [-0.3, -0.25) is 4.79 Å². The number of likely N-dealkylation sites (tertiary alicyclic amines) is 1. The van der Waals surface area contributed by atoms with Crippen LogP contribution >= 0.6 is 11.3 Å². The summed E-state index contributed by atoms with van der Waals surface area (Å²) < 4.78 is 10.7. The molecule has 23 heavy (non-hydrogen) atoms. The van der Waals surface area contributed by atoms with E-state index in [2.05, 4.69) is 11.4 Å².